The molecule has 0 spiro atoms. The van der Waals surface area contributed by atoms with Crippen molar-refractivity contribution in [1.29, 1.82) is 0 Å². The molecular formula is C36H62O19. The summed E-state index contributed by atoms with van der Waals surface area (Å²) in [6.07, 6.45) is -15.8. The van der Waals surface area contributed by atoms with Gasteiger partial charge in [-0.2, -0.15) is 0 Å². The topological polar surface area (TPSA) is 285 Å². The van der Waals surface area contributed by atoms with Crippen molar-refractivity contribution in [2.45, 2.75) is 200 Å². The number of unbranched alkanes of at least 4 members (excludes halogenated alkanes) is 9. The van der Waals surface area contributed by atoms with Crippen molar-refractivity contribution in [2.75, 3.05) is 26.4 Å². The van der Waals surface area contributed by atoms with E-state index >= 15 is 0 Å². The maximum atomic E-state index is 11.5. The predicted octanol–water partition coefficient (Wildman–Crippen LogP) is -2.98. The van der Waals surface area contributed by atoms with E-state index in [4.69, 9.17) is 42.6 Å². The van der Waals surface area contributed by atoms with Gasteiger partial charge in [0.05, 0.1) is 26.4 Å². The fraction of sp³-hybridized carbons (Fsp3) is 1.00. The van der Waals surface area contributed by atoms with Crippen LogP contribution < -0.4 is 0 Å². The van der Waals surface area contributed by atoms with E-state index in [1.807, 2.05) is 0 Å². The van der Waals surface area contributed by atoms with Crippen LogP contribution in [0, 0.1) is 0 Å². The summed E-state index contributed by atoms with van der Waals surface area (Å²) in [4.78, 5) is 0. The van der Waals surface area contributed by atoms with Crippen LogP contribution in [0.5, 0.6) is 0 Å². The highest BCUT2D eigenvalue weighted by atomic mass is 16.8. The first-order chi connectivity index (χ1) is 26.4. The highest BCUT2D eigenvalue weighted by molar-refractivity contribution is 5.03. The molecule has 0 unspecified atom stereocenters. The third-order valence-electron chi connectivity index (χ3n) is 11.8. The first-order valence-electron chi connectivity index (χ1n) is 20.0. The summed E-state index contributed by atoms with van der Waals surface area (Å²) in [6, 6.07) is 0. The molecule has 20 atom stereocenters. The van der Waals surface area contributed by atoms with Crippen LogP contribution in [0.25, 0.3) is 0 Å². The fourth-order valence-corrected chi connectivity index (χ4v) is 8.58. The molecule has 6 saturated heterocycles. The number of hydrogen-bond acceptors (Lipinski definition) is 19. The lowest BCUT2D eigenvalue weighted by atomic mass is 9.88. The maximum Gasteiger partial charge on any atom is 0.198 e. The summed E-state index contributed by atoms with van der Waals surface area (Å²) < 4.78 is 52.8. The molecule has 0 aromatic carbocycles. The molecule has 19 heteroatoms. The first-order valence-corrected chi connectivity index (χ1v) is 20.0. The summed E-state index contributed by atoms with van der Waals surface area (Å²) in [7, 11) is 0. The van der Waals surface area contributed by atoms with Gasteiger partial charge in [0.15, 0.2) is 24.7 Å². The molecule has 19 nitrogen and oxygen atoms in total. The second-order valence-electron chi connectivity index (χ2n) is 15.7. The van der Waals surface area contributed by atoms with Gasteiger partial charge in [0.25, 0.3) is 0 Å². The molecule has 0 saturated carbocycles. The van der Waals surface area contributed by atoms with E-state index in [0.717, 1.165) is 25.7 Å². The van der Waals surface area contributed by atoms with Gasteiger partial charge >= 0.3 is 0 Å². The van der Waals surface area contributed by atoms with E-state index in [1.165, 1.54) is 32.1 Å². The normalized spacial score (nSPS) is 48.4. The zero-order valence-electron chi connectivity index (χ0n) is 31.2. The second kappa shape index (κ2) is 19.5. The molecule has 6 heterocycles. The number of rotatable bonds is 19. The zero-order valence-corrected chi connectivity index (χ0v) is 31.2. The Labute approximate surface area is 319 Å². The molecule has 320 valence electrons. The van der Waals surface area contributed by atoms with E-state index in [-0.39, 0.29) is 19.6 Å². The maximum absolute atomic E-state index is 11.5. The molecule has 0 radical (unpaired) electrons. The van der Waals surface area contributed by atoms with Gasteiger partial charge in [-0.25, -0.2) is 0 Å². The Bertz CT molecular complexity index is 1170. The van der Waals surface area contributed by atoms with Gasteiger partial charge in [0.2, 0.25) is 0 Å². The fourth-order valence-electron chi connectivity index (χ4n) is 8.58. The lowest BCUT2D eigenvalue weighted by molar-refractivity contribution is -0.400. The number of ether oxygens (including phenoxy) is 9. The third-order valence-corrected chi connectivity index (χ3v) is 11.8. The first kappa shape index (κ1) is 43.8. The summed E-state index contributed by atoms with van der Waals surface area (Å²) in [5.74, 6) is -1.92. The van der Waals surface area contributed by atoms with Gasteiger partial charge in [0, 0.05) is 6.42 Å². The molecule has 6 fully saturated rings. The Morgan fingerprint density at radius 2 is 1.11 bits per heavy atom. The highest BCUT2D eigenvalue weighted by Gasteiger charge is 2.61. The molecule has 6 aliphatic rings. The minimum Gasteiger partial charge on any atom is -0.394 e. The third kappa shape index (κ3) is 9.35. The lowest BCUT2D eigenvalue weighted by Crippen LogP contribution is -2.69. The minimum absolute atomic E-state index is 0.0187. The Hall–Kier alpha value is -0.760. The quantitative estimate of drug-likeness (QED) is 0.0584. The van der Waals surface area contributed by atoms with Crippen molar-refractivity contribution in [3.63, 3.8) is 0 Å². The summed E-state index contributed by atoms with van der Waals surface area (Å²) in [5, 5.41) is 107. The smallest absolute Gasteiger partial charge is 0.198 e. The van der Waals surface area contributed by atoms with Crippen molar-refractivity contribution in [1.82, 2.24) is 0 Å². The Morgan fingerprint density at radius 1 is 0.545 bits per heavy atom. The molecule has 0 aromatic rings. The van der Waals surface area contributed by atoms with Crippen molar-refractivity contribution in [3.8, 4) is 0 Å². The lowest BCUT2D eigenvalue weighted by Gasteiger charge is -2.51. The van der Waals surface area contributed by atoms with Crippen LogP contribution in [-0.2, 0) is 42.6 Å². The molecule has 0 aromatic heterocycles. The monoisotopic (exact) mass is 798 g/mol. The molecule has 6 aliphatic heterocycles. The standard InChI is InChI=1S/C36H62O19/c1-2-3-4-5-6-7-8-9-10-11-12-36(32(45)23(41)21(39)18(14-38)54-36)55-28-20-16-48-31(28)26(44)35(51-20)53-29-22(40)17(13-37)50-34(25(29)43)52-27-19-15-47-30(27)24(42)33(46)49-19/h17-35,37-46H,2-16H2,1H3/t17-,18-,19+,20+,21+,22-,23+,24+,25-,26+,27+,28+,29+,30+,31+,32-,33-,34+,35+,36+/m1/s1. The van der Waals surface area contributed by atoms with E-state index in [2.05, 4.69) is 6.92 Å². The Balaban J connectivity index is 1.10. The number of hydrogen-bond donors (Lipinski definition) is 10. The van der Waals surface area contributed by atoms with E-state index in [9.17, 15) is 51.1 Å². The van der Waals surface area contributed by atoms with Crippen LogP contribution in [0.4, 0.5) is 0 Å². The molecule has 55 heavy (non-hydrogen) atoms. The molecule has 4 bridgehead atoms. The van der Waals surface area contributed by atoms with Crippen LogP contribution in [-0.4, -0.2) is 200 Å². The Morgan fingerprint density at radius 3 is 1.75 bits per heavy atom. The van der Waals surface area contributed by atoms with Gasteiger partial charge in [-0.05, 0) is 6.42 Å². The van der Waals surface area contributed by atoms with Crippen LogP contribution in [0.2, 0.25) is 0 Å². The number of fused-ring (bicyclic) bond motifs is 4. The predicted molar refractivity (Wildman–Crippen MR) is 183 cm³/mol. The largest absolute Gasteiger partial charge is 0.394 e. The van der Waals surface area contributed by atoms with Gasteiger partial charge < -0.3 is 93.7 Å². The summed E-state index contributed by atoms with van der Waals surface area (Å²) >= 11 is 0. The molecule has 0 aliphatic carbocycles. The van der Waals surface area contributed by atoms with Crippen LogP contribution in [0.3, 0.4) is 0 Å². The number of aliphatic hydroxyl groups is 10. The van der Waals surface area contributed by atoms with Gasteiger partial charge in [-0.3, -0.25) is 0 Å². The van der Waals surface area contributed by atoms with Gasteiger partial charge in [-0.1, -0.05) is 64.7 Å². The number of aliphatic hydroxyl groups excluding tert-OH is 10. The highest BCUT2D eigenvalue weighted by Crippen LogP contribution is 2.43. The van der Waals surface area contributed by atoms with Crippen molar-refractivity contribution in [2.24, 2.45) is 0 Å². The Kier molecular flexibility index (Phi) is 15.6. The van der Waals surface area contributed by atoms with E-state index in [1.54, 1.807) is 0 Å². The average molecular weight is 799 g/mol. The van der Waals surface area contributed by atoms with Gasteiger partial charge in [0.1, 0.15) is 97.7 Å². The average Bonchev–Trinajstić information content (AvgIpc) is 3.66. The van der Waals surface area contributed by atoms with Crippen molar-refractivity contribution in [3.05, 3.63) is 0 Å². The van der Waals surface area contributed by atoms with Crippen molar-refractivity contribution < 1.29 is 93.7 Å². The second-order valence-corrected chi connectivity index (χ2v) is 15.7. The minimum atomic E-state index is -1.92. The van der Waals surface area contributed by atoms with Crippen LogP contribution in [0.1, 0.15) is 77.6 Å². The zero-order chi connectivity index (χ0) is 39.4. The van der Waals surface area contributed by atoms with E-state index < -0.39 is 136 Å². The molecular weight excluding hydrogens is 736 g/mol. The molecule has 10 N–H and O–H groups in total. The van der Waals surface area contributed by atoms with Crippen molar-refractivity contribution >= 4 is 0 Å². The molecule has 6 rings (SSSR count). The molecule has 0 amide bonds. The van der Waals surface area contributed by atoms with E-state index in [0.29, 0.717) is 6.42 Å². The van der Waals surface area contributed by atoms with Crippen LogP contribution >= 0.6 is 0 Å². The van der Waals surface area contributed by atoms with Crippen LogP contribution in [0.15, 0.2) is 0 Å². The SMILES string of the molecule is CCCCCCCCCCCC[C@@]1(O[C@@H]2[C@H]3OC[C@@H]2O[C@@H](O[C@@H]2[C@@H](O)[C@H](O[C@@H]4[C@H]5OC[C@@H]4O[C@@H](O)[C@H]5O)O[C@H](CO)[C@H]2O)[C@H]3O)O[C@H](CO)[C@H](O)[C@H](O)[C@H]1O. The summed E-state index contributed by atoms with van der Waals surface area (Å²) in [6.45, 7) is 0.679. The summed E-state index contributed by atoms with van der Waals surface area (Å²) in [5.41, 5.74) is 0. The van der Waals surface area contributed by atoms with Gasteiger partial charge in [-0.15, -0.1) is 0 Å².